The van der Waals surface area contributed by atoms with Crippen LogP contribution in [-0.4, -0.2) is 6.54 Å². The molecule has 0 bridgehead atoms. The van der Waals surface area contributed by atoms with E-state index in [1.54, 1.807) is 6.42 Å². The molecule has 0 spiro atoms. The highest BCUT2D eigenvalue weighted by Gasteiger charge is 2.35. The molecule has 3 atom stereocenters. The third-order valence-corrected chi connectivity index (χ3v) is 5.02. The molecular weight excluding hydrogens is 206 g/mol. The summed E-state index contributed by atoms with van der Waals surface area (Å²) in [6, 6.07) is 0. The zero-order valence-corrected chi connectivity index (χ0v) is 11.5. The minimum Gasteiger partial charge on any atom is -0.330 e. The van der Waals surface area contributed by atoms with Crippen molar-refractivity contribution < 1.29 is 0 Å². The van der Waals surface area contributed by atoms with Gasteiger partial charge in [-0.05, 0) is 50.0 Å². The van der Waals surface area contributed by atoms with E-state index in [1.165, 1.54) is 70.6 Å². The Labute approximate surface area is 108 Å². The van der Waals surface area contributed by atoms with E-state index in [0.29, 0.717) is 0 Å². The van der Waals surface area contributed by atoms with E-state index < -0.39 is 0 Å². The van der Waals surface area contributed by atoms with Gasteiger partial charge in [-0.3, -0.25) is 0 Å². The predicted octanol–water partition coefficient (Wildman–Crippen LogP) is 4.50. The molecule has 2 aliphatic carbocycles. The lowest BCUT2D eigenvalue weighted by atomic mass is 9.89. The zero-order valence-electron chi connectivity index (χ0n) is 11.5. The van der Waals surface area contributed by atoms with Gasteiger partial charge in [0.05, 0.1) is 0 Å². The molecule has 0 aromatic carbocycles. The second kappa shape index (κ2) is 7.41. The summed E-state index contributed by atoms with van der Waals surface area (Å²) >= 11 is 0. The van der Waals surface area contributed by atoms with Crippen LogP contribution in [0.1, 0.15) is 77.0 Å². The molecule has 2 saturated carbocycles. The van der Waals surface area contributed by atoms with Gasteiger partial charge in [-0.25, -0.2) is 0 Å². The Bertz CT molecular complexity index is 202. The molecule has 0 saturated heterocycles. The van der Waals surface area contributed by atoms with E-state index in [9.17, 15) is 0 Å². The molecule has 2 rings (SSSR count). The number of rotatable bonds is 3. The van der Waals surface area contributed by atoms with Gasteiger partial charge in [-0.2, -0.15) is 0 Å². The van der Waals surface area contributed by atoms with Crippen LogP contribution in [0.4, 0.5) is 0 Å². The van der Waals surface area contributed by atoms with Gasteiger partial charge in [0.25, 0.3) is 0 Å². The average molecular weight is 237 g/mol. The molecule has 2 fully saturated rings. The molecule has 3 unspecified atom stereocenters. The number of hydrogen-bond donors (Lipinski definition) is 1. The van der Waals surface area contributed by atoms with E-state index in [0.717, 1.165) is 24.3 Å². The van der Waals surface area contributed by atoms with Crippen molar-refractivity contribution >= 4 is 0 Å². The lowest BCUT2D eigenvalue weighted by Crippen LogP contribution is -2.07. The Morgan fingerprint density at radius 3 is 2.29 bits per heavy atom. The monoisotopic (exact) mass is 237 g/mol. The smallest absolute Gasteiger partial charge is 0.00772 e. The molecule has 2 aliphatic rings. The number of fused-ring (bicyclic) bond motifs is 1. The molecule has 0 aromatic heterocycles. The van der Waals surface area contributed by atoms with Crippen LogP contribution in [0, 0.1) is 17.8 Å². The van der Waals surface area contributed by atoms with Crippen molar-refractivity contribution in [1.29, 1.82) is 0 Å². The molecule has 0 aromatic rings. The van der Waals surface area contributed by atoms with Crippen molar-refractivity contribution in [3.8, 4) is 0 Å². The molecule has 100 valence electrons. The highest BCUT2D eigenvalue weighted by molar-refractivity contribution is 4.86. The van der Waals surface area contributed by atoms with E-state index in [4.69, 9.17) is 5.73 Å². The van der Waals surface area contributed by atoms with Crippen molar-refractivity contribution in [2.75, 3.05) is 6.54 Å². The van der Waals surface area contributed by atoms with Crippen LogP contribution in [0.3, 0.4) is 0 Å². The number of nitrogens with two attached hydrogens (primary N) is 1. The molecule has 0 amide bonds. The standard InChI is InChI=1S/C16H31N/c17-12-6-8-14-7-4-2-1-3-5-9-15-13-16(15)11-10-14/h14-16H,1-13,17H2. The van der Waals surface area contributed by atoms with Crippen LogP contribution in [0.2, 0.25) is 0 Å². The van der Waals surface area contributed by atoms with Gasteiger partial charge in [0.1, 0.15) is 0 Å². The first-order valence-electron chi connectivity index (χ1n) is 8.10. The van der Waals surface area contributed by atoms with Crippen molar-refractivity contribution in [2.24, 2.45) is 23.5 Å². The van der Waals surface area contributed by atoms with Gasteiger partial charge >= 0.3 is 0 Å². The van der Waals surface area contributed by atoms with E-state index >= 15 is 0 Å². The second-order valence-corrected chi connectivity index (χ2v) is 6.48. The quantitative estimate of drug-likeness (QED) is 0.768. The lowest BCUT2D eigenvalue weighted by Gasteiger charge is -2.17. The fourth-order valence-corrected chi connectivity index (χ4v) is 3.68. The molecule has 0 aliphatic heterocycles. The maximum atomic E-state index is 5.65. The topological polar surface area (TPSA) is 26.0 Å². The van der Waals surface area contributed by atoms with Crippen LogP contribution in [0.25, 0.3) is 0 Å². The van der Waals surface area contributed by atoms with Crippen LogP contribution in [0.15, 0.2) is 0 Å². The summed E-state index contributed by atoms with van der Waals surface area (Å²) in [7, 11) is 0. The van der Waals surface area contributed by atoms with Gasteiger partial charge in [0, 0.05) is 0 Å². The molecule has 2 N–H and O–H groups in total. The van der Waals surface area contributed by atoms with Crippen molar-refractivity contribution in [1.82, 2.24) is 0 Å². The van der Waals surface area contributed by atoms with Crippen LogP contribution >= 0.6 is 0 Å². The Kier molecular flexibility index (Phi) is 5.84. The fraction of sp³-hybridized carbons (Fsp3) is 1.00. The Hall–Kier alpha value is -0.0400. The second-order valence-electron chi connectivity index (χ2n) is 6.48. The highest BCUT2D eigenvalue weighted by atomic mass is 14.5. The SMILES string of the molecule is NCCCC1CCCCCCCC2CC2CC1. The maximum absolute atomic E-state index is 5.65. The normalized spacial score (nSPS) is 35.5. The summed E-state index contributed by atoms with van der Waals surface area (Å²) in [6.45, 7) is 0.891. The van der Waals surface area contributed by atoms with E-state index in [2.05, 4.69) is 0 Å². The first-order valence-corrected chi connectivity index (χ1v) is 8.10. The fourth-order valence-electron chi connectivity index (χ4n) is 3.68. The molecular formula is C16H31N. The summed E-state index contributed by atoms with van der Waals surface area (Å²) in [6.07, 6.45) is 17.7. The molecule has 1 heteroatoms. The zero-order chi connectivity index (χ0) is 11.9. The summed E-state index contributed by atoms with van der Waals surface area (Å²) in [4.78, 5) is 0. The Balaban J connectivity index is 1.72. The minimum atomic E-state index is 0.891. The summed E-state index contributed by atoms with van der Waals surface area (Å²) in [5.41, 5.74) is 5.65. The molecule has 0 heterocycles. The maximum Gasteiger partial charge on any atom is -0.00772 e. The Morgan fingerprint density at radius 1 is 0.765 bits per heavy atom. The summed E-state index contributed by atoms with van der Waals surface area (Å²) < 4.78 is 0. The summed E-state index contributed by atoms with van der Waals surface area (Å²) in [5, 5.41) is 0. The van der Waals surface area contributed by atoms with Crippen molar-refractivity contribution in [2.45, 2.75) is 77.0 Å². The third kappa shape index (κ3) is 4.99. The van der Waals surface area contributed by atoms with E-state index in [1.807, 2.05) is 0 Å². The molecule has 0 radical (unpaired) electrons. The first-order chi connectivity index (χ1) is 8.40. The lowest BCUT2D eigenvalue weighted by molar-refractivity contribution is 0.362. The highest BCUT2D eigenvalue weighted by Crippen LogP contribution is 2.46. The number of hydrogen-bond acceptors (Lipinski definition) is 1. The molecule has 17 heavy (non-hydrogen) atoms. The molecule has 1 nitrogen and oxygen atoms in total. The van der Waals surface area contributed by atoms with Crippen LogP contribution in [0.5, 0.6) is 0 Å². The minimum absolute atomic E-state index is 0.891. The summed E-state index contributed by atoms with van der Waals surface area (Å²) in [5.74, 6) is 3.25. The largest absolute Gasteiger partial charge is 0.330 e. The van der Waals surface area contributed by atoms with Gasteiger partial charge in [0.15, 0.2) is 0 Å². The van der Waals surface area contributed by atoms with Crippen LogP contribution in [-0.2, 0) is 0 Å². The van der Waals surface area contributed by atoms with Crippen molar-refractivity contribution in [3.05, 3.63) is 0 Å². The van der Waals surface area contributed by atoms with Gasteiger partial charge < -0.3 is 5.73 Å². The Morgan fingerprint density at radius 2 is 1.47 bits per heavy atom. The average Bonchev–Trinajstić information content (AvgIpc) is 3.07. The van der Waals surface area contributed by atoms with Crippen LogP contribution < -0.4 is 5.73 Å². The first kappa shape index (κ1) is 13.4. The van der Waals surface area contributed by atoms with Gasteiger partial charge in [-0.15, -0.1) is 0 Å². The third-order valence-electron chi connectivity index (χ3n) is 5.02. The van der Waals surface area contributed by atoms with E-state index in [-0.39, 0.29) is 0 Å². The van der Waals surface area contributed by atoms with Crippen molar-refractivity contribution in [3.63, 3.8) is 0 Å². The van der Waals surface area contributed by atoms with Gasteiger partial charge in [-0.1, -0.05) is 51.4 Å². The van der Waals surface area contributed by atoms with Gasteiger partial charge in [0.2, 0.25) is 0 Å². The predicted molar refractivity (Wildman–Crippen MR) is 74.9 cm³/mol.